The van der Waals surface area contributed by atoms with Crippen LogP contribution >= 0.6 is 0 Å². The van der Waals surface area contributed by atoms with E-state index in [1.54, 1.807) is 7.05 Å². The molecule has 3 N–H and O–H groups in total. The van der Waals surface area contributed by atoms with Crippen LogP contribution in [0.5, 0.6) is 0 Å². The van der Waals surface area contributed by atoms with Crippen molar-refractivity contribution in [3.05, 3.63) is 0 Å². The third-order valence-electron chi connectivity index (χ3n) is 2.79. The maximum atomic E-state index is 11.8. The molecule has 1 rings (SSSR count). The Morgan fingerprint density at radius 1 is 1.53 bits per heavy atom. The highest BCUT2D eigenvalue weighted by Crippen LogP contribution is 2.06. The molecule has 5 nitrogen and oxygen atoms in total. The van der Waals surface area contributed by atoms with Crippen molar-refractivity contribution in [1.29, 1.82) is 0 Å². The first kappa shape index (κ1) is 12.0. The molecule has 0 saturated carbocycles. The zero-order valence-electron chi connectivity index (χ0n) is 9.52. The first-order valence-electron chi connectivity index (χ1n) is 5.22. The summed E-state index contributed by atoms with van der Waals surface area (Å²) in [7, 11) is 1.75. The molecule has 1 heterocycles. The average Bonchev–Trinajstić information content (AvgIpc) is 2.21. The van der Waals surface area contributed by atoms with Gasteiger partial charge in [0.15, 0.2) is 0 Å². The van der Waals surface area contributed by atoms with Gasteiger partial charge in [-0.3, -0.25) is 9.59 Å². The van der Waals surface area contributed by atoms with Crippen LogP contribution in [-0.2, 0) is 9.59 Å². The Labute approximate surface area is 90.0 Å². The summed E-state index contributed by atoms with van der Waals surface area (Å²) in [6.45, 7) is 4.18. The van der Waals surface area contributed by atoms with Crippen LogP contribution in [-0.4, -0.2) is 37.0 Å². The fourth-order valence-electron chi connectivity index (χ4n) is 1.34. The van der Waals surface area contributed by atoms with E-state index in [1.165, 1.54) is 0 Å². The molecule has 0 aliphatic carbocycles. The Bertz CT molecular complexity index is 253. The van der Waals surface area contributed by atoms with E-state index < -0.39 is 5.54 Å². The van der Waals surface area contributed by atoms with E-state index in [4.69, 9.17) is 0 Å². The number of piperidine rings is 1. The van der Waals surface area contributed by atoms with Crippen molar-refractivity contribution >= 4 is 11.8 Å². The number of nitrogens with one attached hydrogen (secondary N) is 3. The Hall–Kier alpha value is -1.10. The van der Waals surface area contributed by atoms with Gasteiger partial charge in [0.2, 0.25) is 11.8 Å². The van der Waals surface area contributed by atoms with Crippen LogP contribution < -0.4 is 16.0 Å². The topological polar surface area (TPSA) is 70.2 Å². The summed E-state index contributed by atoms with van der Waals surface area (Å²) in [6.07, 6.45) is 1.21. The van der Waals surface area contributed by atoms with Crippen LogP contribution in [0.15, 0.2) is 0 Å². The Morgan fingerprint density at radius 3 is 2.67 bits per heavy atom. The van der Waals surface area contributed by atoms with Gasteiger partial charge in [0.1, 0.15) is 0 Å². The lowest BCUT2D eigenvalue weighted by molar-refractivity contribution is -0.128. The minimum Gasteiger partial charge on any atom is -0.354 e. The van der Waals surface area contributed by atoms with Gasteiger partial charge in [0.05, 0.1) is 5.54 Å². The van der Waals surface area contributed by atoms with E-state index in [-0.39, 0.29) is 17.9 Å². The van der Waals surface area contributed by atoms with Crippen LogP contribution in [0.2, 0.25) is 0 Å². The van der Waals surface area contributed by atoms with Gasteiger partial charge in [-0.2, -0.15) is 0 Å². The summed E-state index contributed by atoms with van der Waals surface area (Å²) in [5, 5.41) is 8.59. The maximum absolute atomic E-state index is 11.8. The highest BCUT2D eigenvalue weighted by atomic mass is 16.2. The van der Waals surface area contributed by atoms with E-state index in [1.807, 2.05) is 13.8 Å². The molecule has 1 fully saturated rings. The minimum atomic E-state index is -0.568. The number of amides is 2. The fraction of sp³-hybridized carbons (Fsp3) is 0.800. The summed E-state index contributed by atoms with van der Waals surface area (Å²) in [5.41, 5.74) is -0.568. The van der Waals surface area contributed by atoms with E-state index in [0.717, 1.165) is 6.42 Å². The highest BCUT2D eigenvalue weighted by Gasteiger charge is 2.28. The van der Waals surface area contributed by atoms with Crippen molar-refractivity contribution < 1.29 is 9.59 Å². The number of carbonyl (C=O) groups is 2. The third-order valence-corrected chi connectivity index (χ3v) is 2.79. The molecule has 1 atom stereocenters. The molecular formula is C10H19N3O2. The average molecular weight is 213 g/mol. The predicted octanol–water partition coefficient (Wildman–Crippen LogP) is -0.621. The second kappa shape index (κ2) is 4.61. The summed E-state index contributed by atoms with van der Waals surface area (Å²) in [5.74, 6) is 0.0273. The number of carbonyl (C=O) groups excluding carboxylic acids is 2. The number of hydrogen-bond acceptors (Lipinski definition) is 3. The van der Waals surface area contributed by atoms with E-state index >= 15 is 0 Å². The SMILES string of the molecule is CNC(C)(C)C(=O)NC1CCC(=O)NC1. The molecule has 5 heteroatoms. The number of likely N-dealkylation sites (N-methyl/N-ethyl adjacent to an activating group) is 1. The monoisotopic (exact) mass is 213 g/mol. The molecule has 0 aromatic rings. The van der Waals surface area contributed by atoms with Crippen molar-refractivity contribution in [1.82, 2.24) is 16.0 Å². The molecule has 0 bridgehead atoms. The van der Waals surface area contributed by atoms with Crippen LogP contribution in [0.4, 0.5) is 0 Å². The molecule has 1 saturated heterocycles. The molecule has 0 radical (unpaired) electrons. The predicted molar refractivity (Wildman–Crippen MR) is 57.3 cm³/mol. The van der Waals surface area contributed by atoms with Crippen LogP contribution in [0.1, 0.15) is 26.7 Å². The summed E-state index contributed by atoms with van der Waals surface area (Å²) in [4.78, 5) is 22.7. The lowest BCUT2D eigenvalue weighted by atomic mass is 10.0. The highest BCUT2D eigenvalue weighted by molar-refractivity contribution is 5.86. The van der Waals surface area contributed by atoms with Crippen molar-refractivity contribution in [2.75, 3.05) is 13.6 Å². The van der Waals surface area contributed by atoms with E-state index in [0.29, 0.717) is 13.0 Å². The molecule has 1 aliphatic heterocycles. The molecule has 0 aromatic heterocycles. The quantitative estimate of drug-likeness (QED) is 0.585. The fourth-order valence-corrected chi connectivity index (χ4v) is 1.34. The Balaban J connectivity index is 2.42. The Kier molecular flexibility index (Phi) is 3.68. The Morgan fingerprint density at radius 2 is 2.20 bits per heavy atom. The molecule has 1 unspecified atom stereocenters. The van der Waals surface area contributed by atoms with Gasteiger partial charge in [-0.25, -0.2) is 0 Å². The summed E-state index contributed by atoms with van der Waals surface area (Å²) >= 11 is 0. The van der Waals surface area contributed by atoms with Crippen LogP contribution in [0.3, 0.4) is 0 Å². The largest absolute Gasteiger partial charge is 0.354 e. The van der Waals surface area contributed by atoms with Crippen molar-refractivity contribution in [2.24, 2.45) is 0 Å². The minimum absolute atomic E-state index is 0.0360. The standard InChI is InChI=1S/C10H19N3O2/c1-10(2,11-3)9(15)13-7-4-5-8(14)12-6-7/h7,11H,4-6H2,1-3H3,(H,12,14)(H,13,15). The lowest BCUT2D eigenvalue weighted by Gasteiger charge is -2.29. The van der Waals surface area contributed by atoms with Gasteiger partial charge in [0, 0.05) is 19.0 Å². The van der Waals surface area contributed by atoms with Gasteiger partial charge >= 0.3 is 0 Å². The summed E-state index contributed by atoms with van der Waals surface area (Å²) < 4.78 is 0. The van der Waals surface area contributed by atoms with Gasteiger partial charge in [0.25, 0.3) is 0 Å². The first-order valence-corrected chi connectivity index (χ1v) is 5.22. The summed E-state index contributed by atoms with van der Waals surface area (Å²) in [6, 6.07) is 0.0582. The first-order chi connectivity index (χ1) is 6.95. The molecule has 0 spiro atoms. The van der Waals surface area contributed by atoms with Crippen molar-refractivity contribution in [2.45, 2.75) is 38.3 Å². The van der Waals surface area contributed by atoms with Crippen molar-refractivity contribution in [3.63, 3.8) is 0 Å². The van der Waals surface area contributed by atoms with Gasteiger partial charge in [-0.1, -0.05) is 0 Å². The second-order valence-corrected chi connectivity index (χ2v) is 4.39. The van der Waals surface area contributed by atoms with Gasteiger partial charge < -0.3 is 16.0 Å². The number of rotatable bonds is 3. The zero-order chi connectivity index (χ0) is 11.5. The molecule has 15 heavy (non-hydrogen) atoms. The van der Waals surface area contributed by atoms with Gasteiger partial charge in [-0.05, 0) is 27.3 Å². The van der Waals surface area contributed by atoms with Gasteiger partial charge in [-0.15, -0.1) is 0 Å². The maximum Gasteiger partial charge on any atom is 0.239 e. The lowest BCUT2D eigenvalue weighted by Crippen LogP contribution is -2.56. The second-order valence-electron chi connectivity index (χ2n) is 4.39. The normalized spacial score (nSPS) is 22.1. The van der Waals surface area contributed by atoms with E-state index in [2.05, 4.69) is 16.0 Å². The van der Waals surface area contributed by atoms with Crippen molar-refractivity contribution in [3.8, 4) is 0 Å². The third kappa shape index (κ3) is 3.20. The molecular weight excluding hydrogens is 194 g/mol. The molecule has 86 valence electrons. The molecule has 2 amide bonds. The number of hydrogen-bond donors (Lipinski definition) is 3. The smallest absolute Gasteiger partial charge is 0.239 e. The zero-order valence-corrected chi connectivity index (χ0v) is 9.52. The van der Waals surface area contributed by atoms with E-state index in [9.17, 15) is 9.59 Å². The van der Waals surface area contributed by atoms with Crippen LogP contribution in [0, 0.1) is 0 Å². The molecule has 1 aliphatic rings. The molecule has 0 aromatic carbocycles. The van der Waals surface area contributed by atoms with Crippen LogP contribution in [0.25, 0.3) is 0 Å².